The van der Waals surface area contributed by atoms with E-state index in [1.807, 2.05) is 0 Å². The van der Waals surface area contributed by atoms with Gasteiger partial charge in [-0.15, -0.1) is 24.0 Å². The molecule has 5 nitrogen and oxygen atoms in total. The van der Waals surface area contributed by atoms with Gasteiger partial charge >= 0.3 is 0 Å². The minimum atomic E-state index is 0. The highest BCUT2D eigenvalue weighted by atomic mass is 127. The Morgan fingerprint density at radius 2 is 1.88 bits per heavy atom. The standard InChI is InChI=1S/C20H39N5.HI/c1-3-18-7-5-6-12-24(18)14-11-22-20(21-4-2)23-15-17-10-13-25(16-17)19-8-9-19;/h17-19H,3-16H2,1-2H3,(H2,21,22,23);1H. The van der Waals surface area contributed by atoms with E-state index in [0.29, 0.717) is 0 Å². The zero-order chi connectivity index (χ0) is 17.5. The number of aliphatic imine (C=N–C) groups is 1. The molecule has 2 atom stereocenters. The SMILES string of the molecule is CCNC(=NCC1CCN(C2CC2)C1)NCCN1CCCCC1CC.I. The van der Waals surface area contributed by atoms with Crippen LogP contribution in [0.2, 0.25) is 0 Å². The number of halogens is 1. The smallest absolute Gasteiger partial charge is 0.191 e. The van der Waals surface area contributed by atoms with Gasteiger partial charge in [0.15, 0.2) is 5.96 Å². The lowest BCUT2D eigenvalue weighted by Crippen LogP contribution is -2.46. The first kappa shape index (κ1) is 22.2. The Morgan fingerprint density at radius 1 is 1.04 bits per heavy atom. The van der Waals surface area contributed by atoms with E-state index < -0.39 is 0 Å². The number of likely N-dealkylation sites (tertiary alicyclic amines) is 2. The second-order valence-corrected chi connectivity index (χ2v) is 8.12. The van der Waals surface area contributed by atoms with Gasteiger partial charge < -0.3 is 15.5 Å². The van der Waals surface area contributed by atoms with Crippen molar-refractivity contribution in [3.05, 3.63) is 0 Å². The summed E-state index contributed by atoms with van der Waals surface area (Å²) in [7, 11) is 0. The number of nitrogens with zero attached hydrogens (tertiary/aromatic N) is 3. The van der Waals surface area contributed by atoms with Crippen LogP contribution in [0.15, 0.2) is 4.99 Å². The molecule has 6 heteroatoms. The third kappa shape index (κ3) is 6.82. The van der Waals surface area contributed by atoms with Crippen molar-refractivity contribution in [3.63, 3.8) is 0 Å². The monoisotopic (exact) mass is 477 g/mol. The lowest BCUT2D eigenvalue weighted by atomic mass is 10.0. The molecule has 3 fully saturated rings. The van der Waals surface area contributed by atoms with Crippen LogP contribution in [-0.4, -0.2) is 73.7 Å². The molecule has 0 spiro atoms. The maximum atomic E-state index is 4.88. The molecular weight excluding hydrogens is 437 g/mol. The van der Waals surface area contributed by atoms with E-state index in [9.17, 15) is 0 Å². The Balaban J connectivity index is 0.00000243. The molecule has 1 saturated carbocycles. The molecule has 0 aromatic carbocycles. The summed E-state index contributed by atoms with van der Waals surface area (Å²) in [5, 5.41) is 6.99. The highest BCUT2D eigenvalue weighted by Gasteiger charge is 2.34. The molecule has 152 valence electrons. The van der Waals surface area contributed by atoms with Crippen molar-refractivity contribution in [2.24, 2.45) is 10.9 Å². The lowest BCUT2D eigenvalue weighted by molar-refractivity contribution is 0.147. The molecule has 2 aliphatic heterocycles. The molecule has 0 aromatic heterocycles. The fraction of sp³-hybridized carbons (Fsp3) is 0.950. The van der Waals surface area contributed by atoms with Gasteiger partial charge in [0.2, 0.25) is 0 Å². The predicted molar refractivity (Wildman–Crippen MR) is 122 cm³/mol. The van der Waals surface area contributed by atoms with Crippen LogP contribution in [0.4, 0.5) is 0 Å². The number of nitrogens with one attached hydrogen (secondary N) is 2. The van der Waals surface area contributed by atoms with Crippen LogP contribution in [0.5, 0.6) is 0 Å². The van der Waals surface area contributed by atoms with Crippen molar-refractivity contribution in [1.82, 2.24) is 20.4 Å². The first-order valence-electron chi connectivity index (χ1n) is 10.8. The van der Waals surface area contributed by atoms with Crippen molar-refractivity contribution in [1.29, 1.82) is 0 Å². The molecule has 26 heavy (non-hydrogen) atoms. The third-order valence-corrected chi connectivity index (χ3v) is 6.14. The van der Waals surface area contributed by atoms with Crippen LogP contribution in [0.3, 0.4) is 0 Å². The number of rotatable bonds is 8. The van der Waals surface area contributed by atoms with Gasteiger partial charge in [-0.2, -0.15) is 0 Å². The van der Waals surface area contributed by atoms with Crippen LogP contribution in [-0.2, 0) is 0 Å². The van der Waals surface area contributed by atoms with Gasteiger partial charge in [-0.05, 0) is 64.5 Å². The van der Waals surface area contributed by atoms with Crippen molar-refractivity contribution in [2.45, 2.75) is 70.9 Å². The quantitative estimate of drug-likeness (QED) is 0.321. The highest BCUT2D eigenvalue weighted by molar-refractivity contribution is 14.0. The van der Waals surface area contributed by atoms with E-state index in [0.717, 1.165) is 50.1 Å². The minimum Gasteiger partial charge on any atom is -0.357 e. The van der Waals surface area contributed by atoms with Gasteiger partial charge in [0.05, 0.1) is 0 Å². The first-order valence-corrected chi connectivity index (χ1v) is 10.8. The maximum Gasteiger partial charge on any atom is 0.191 e. The van der Waals surface area contributed by atoms with Gasteiger partial charge in [0, 0.05) is 44.8 Å². The predicted octanol–water partition coefficient (Wildman–Crippen LogP) is 2.91. The van der Waals surface area contributed by atoms with Crippen LogP contribution >= 0.6 is 24.0 Å². The van der Waals surface area contributed by atoms with Crippen molar-refractivity contribution >= 4 is 29.9 Å². The van der Waals surface area contributed by atoms with Crippen molar-refractivity contribution in [3.8, 4) is 0 Å². The fourth-order valence-electron chi connectivity index (χ4n) is 4.48. The largest absolute Gasteiger partial charge is 0.357 e. The van der Waals surface area contributed by atoms with Gasteiger partial charge in [-0.25, -0.2) is 0 Å². The summed E-state index contributed by atoms with van der Waals surface area (Å²) < 4.78 is 0. The number of piperidine rings is 1. The van der Waals surface area contributed by atoms with E-state index in [1.165, 1.54) is 64.6 Å². The first-order chi connectivity index (χ1) is 12.3. The number of hydrogen-bond acceptors (Lipinski definition) is 3. The highest BCUT2D eigenvalue weighted by Crippen LogP contribution is 2.31. The van der Waals surface area contributed by atoms with Crippen LogP contribution in [0, 0.1) is 5.92 Å². The van der Waals surface area contributed by atoms with E-state index in [1.54, 1.807) is 0 Å². The molecule has 3 rings (SSSR count). The summed E-state index contributed by atoms with van der Waals surface area (Å²) >= 11 is 0. The van der Waals surface area contributed by atoms with Crippen molar-refractivity contribution < 1.29 is 0 Å². The Morgan fingerprint density at radius 3 is 2.62 bits per heavy atom. The minimum absolute atomic E-state index is 0. The molecule has 2 saturated heterocycles. The second-order valence-electron chi connectivity index (χ2n) is 8.12. The Kier molecular flexibility index (Phi) is 9.99. The van der Waals surface area contributed by atoms with E-state index in [2.05, 4.69) is 34.3 Å². The Labute approximate surface area is 177 Å². The molecule has 0 radical (unpaired) electrons. The fourth-order valence-corrected chi connectivity index (χ4v) is 4.48. The molecule has 1 aliphatic carbocycles. The molecule has 2 heterocycles. The average Bonchev–Trinajstić information content (AvgIpc) is 3.38. The Bertz CT molecular complexity index is 426. The summed E-state index contributed by atoms with van der Waals surface area (Å²) in [4.78, 5) is 10.2. The van der Waals surface area contributed by atoms with E-state index >= 15 is 0 Å². The zero-order valence-corrected chi connectivity index (χ0v) is 19.2. The van der Waals surface area contributed by atoms with E-state index in [4.69, 9.17) is 4.99 Å². The number of guanidine groups is 1. The molecule has 2 unspecified atom stereocenters. The van der Waals surface area contributed by atoms with E-state index in [-0.39, 0.29) is 24.0 Å². The van der Waals surface area contributed by atoms with Gasteiger partial charge in [0.25, 0.3) is 0 Å². The summed E-state index contributed by atoms with van der Waals surface area (Å²) in [5.74, 6) is 1.76. The molecule has 3 aliphatic rings. The number of hydrogen-bond donors (Lipinski definition) is 2. The Hall–Kier alpha value is -0.0800. The van der Waals surface area contributed by atoms with Gasteiger partial charge in [0.1, 0.15) is 0 Å². The van der Waals surface area contributed by atoms with Gasteiger partial charge in [-0.1, -0.05) is 13.3 Å². The summed E-state index contributed by atoms with van der Waals surface area (Å²) in [6, 6.07) is 1.71. The second kappa shape index (κ2) is 11.7. The topological polar surface area (TPSA) is 42.9 Å². The van der Waals surface area contributed by atoms with Gasteiger partial charge in [-0.3, -0.25) is 9.89 Å². The summed E-state index contributed by atoms with van der Waals surface area (Å²) in [5.41, 5.74) is 0. The maximum absolute atomic E-state index is 4.88. The molecular formula is C20H40IN5. The molecule has 0 bridgehead atoms. The average molecular weight is 477 g/mol. The molecule has 2 N–H and O–H groups in total. The zero-order valence-electron chi connectivity index (χ0n) is 16.9. The van der Waals surface area contributed by atoms with Crippen LogP contribution in [0.1, 0.15) is 58.8 Å². The normalized spacial score (nSPS) is 28.0. The van der Waals surface area contributed by atoms with Crippen LogP contribution < -0.4 is 10.6 Å². The summed E-state index contributed by atoms with van der Waals surface area (Å²) in [6.07, 6.45) is 9.61. The van der Waals surface area contributed by atoms with Crippen LogP contribution in [0.25, 0.3) is 0 Å². The van der Waals surface area contributed by atoms with Crippen molar-refractivity contribution in [2.75, 3.05) is 45.8 Å². The summed E-state index contributed by atoms with van der Waals surface area (Å²) in [6.45, 7) is 12.4. The lowest BCUT2D eigenvalue weighted by Gasteiger charge is -2.35. The molecule has 0 aromatic rings. The molecule has 0 amide bonds. The third-order valence-electron chi connectivity index (χ3n) is 6.14.